The van der Waals surface area contributed by atoms with Gasteiger partial charge in [0, 0.05) is 24.2 Å². The zero-order valence-electron chi connectivity index (χ0n) is 12.0. The summed E-state index contributed by atoms with van der Waals surface area (Å²) in [6.07, 6.45) is 7.05. The van der Waals surface area contributed by atoms with Crippen LogP contribution in [-0.2, 0) is 6.54 Å². The third kappa shape index (κ3) is 4.25. The Kier molecular flexibility index (Phi) is 5.92. The third-order valence-electron chi connectivity index (χ3n) is 4.13. The minimum atomic E-state index is -0.516. The van der Waals surface area contributed by atoms with Gasteiger partial charge in [0.25, 0.3) is 0 Å². The van der Waals surface area contributed by atoms with Crippen LogP contribution in [0, 0.1) is 11.6 Å². The first-order chi connectivity index (χ1) is 9.70. The molecule has 0 saturated heterocycles. The predicted octanol–water partition coefficient (Wildman–Crippen LogP) is 3.45. The number of benzene rings is 1. The smallest absolute Gasteiger partial charge is 0.130 e. The molecule has 2 N–H and O–H groups in total. The lowest BCUT2D eigenvalue weighted by atomic mass is 9.93. The van der Waals surface area contributed by atoms with Crippen molar-refractivity contribution in [2.45, 2.75) is 51.1 Å². The summed E-state index contributed by atoms with van der Waals surface area (Å²) >= 11 is 0. The molecule has 20 heavy (non-hydrogen) atoms. The average molecular weight is 282 g/mol. The van der Waals surface area contributed by atoms with E-state index in [4.69, 9.17) is 5.73 Å². The number of nitrogens with zero attached hydrogens (tertiary/aromatic N) is 1. The van der Waals surface area contributed by atoms with Gasteiger partial charge >= 0.3 is 0 Å². The van der Waals surface area contributed by atoms with Crippen molar-refractivity contribution in [2.24, 2.45) is 5.73 Å². The molecule has 0 unspecified atom stereocenters. The van der Waals surface area contributed by atoms with Crippen molar-refractivity contribution >= 4 is 0 Å². The molecule has 0 spiro atoms. The summed E-state index contributed by atoms with van der Waals surface area (Å²) in [5.74, 6) is -0.962. The van der Waals surface area contributed by atoms with E-state index in [1.54, 1.807) is 6.07 Å². The topological polar surface area (TPSA) is 29.3 Å². The van der Waals surface area contributed by atoms with Gasteiger partial charge < -0.3 is 5.73 Å². The zero-order valence-corrected chi connectivity index (χ0v) is 12.0. The molecule has 0 bridgehead atoms. The molecule has 0 heterocycles. The molecule has 1 saturated carbocycles. The van der Waals surface area contributed by atoms with Gasteiger partial charge in [-0.25, -0.2) is 8.78 Å². The number of nitrogens with two attached hydrogens (primary N) is 1. The molecule has 1 aliphatic carbocycles. The molecule has 1 fully saturated rings. The van der Waals surface area contributed by atoms with Crippen LogP contribution in [0.4, 0.5) is 8.78 Å². The first-order valence-corrected chi connectivity index (χ1v) is 7.58. The largest absolute Gasteiger partial charge is 0.330 e. The number of rotatable bonds is 6. The van der Waals surface area contributed by atoms with E-state index in [1.807, 2.05) is 0 Å². The highest BCUT2D eigenvalue weighted by atomic mass is 19.1. The molecule has 112 valence electrons. The standard InChI is InChI=1S/C16H24F2N2/c17-14-8-7-13(16(18)11-14)12-20(10-4-9-19)15-5-2-1-3-6-15/h7-8,11,15H,1-6,9-10,12,19H2. The van der Waals surface area contributed by atoms with Crippen molar-refractivity contribution in [1.29, 1.82) is 0 Å². The molecule has 2 rings (SSSR count). The zero-order chi connectivity index (χ0) is 14.4. The van der Waals surface area contributed by atoms with Gasteiger partial charge in [-0.2, -0.15) is 0 Å². The third-order valence-corrected chi connectivity index (χ3v) is 4.13. The van der Waals surface area contributed by atoms with E-state index in [1.165, 1.54) is 38.2 Å². The Bertz CT molecular complexity index is 417. The minimum absolute atomic E-state index is 0.446. The lowest BCUT2D eigenvalue weighted by Crippen LogP contribution is -2.37. The molecule has 0 aromatic heterocycles. The van der Waals surface area contributed by atoms with Crippen molar-refractivity contribution < 1.29 is 8.78 Å². The van der Waals surface area contributed by atoms with Crippen molar-refractivity contribution in [3.63, 3.8) is 0 Å². The predicted molar refractivity (Wildman–Crippen MR) is 77.3 cm³/mol. The summed E-state index contributed by atoms with van der Waals surface area (Å²) in [6, 6.07) is 4.38. The van der Waals surface area contributed by atoms with E-state index >= 15 is 0 Å². The molecule has 1 aliphatic rings. The minimum Gasteiger partial charge on any atom is -0.330 e. The molecule has 0 aliphatic heterocycles. The number of hydrogen-bond donors (Lipinski definition) is 1. The second-order valence-electron chi connectivity index (χ2n) is 5.64. The average Bonchev–Trinajstić information content (AvgIpc) is 2.46. The van der Waals surface area contributed by atoms with Gasteiger partial charge in [-0.15, -0.1) is 0 Å². The summed E-state index contributed by atoms with van der Waals surface area (Å²) in [7, 11) is 0. The van der Waals surface area contributed by atoms with Crippen LogP contribution in [0.5, 0.6) is 0 Å². The summed E-state index contributed by atoms with van der Waals surface area (Å²) in [5, 5.41) is 0. The van der Waals surface area contributed by atoms with Gasteiger partial charge in [0.05, 0.1) is 0 Å². The van der Waals surface area contributed by atoms with Crippen molar-refractivity contribution in [2.75, 3.05) is 13.1 Å². The van der Waals surface area contributed by atoms with E-state index in [0.717, 1.165) is 19.0 Å². The van der Waals surface area contributed by atoms with E-state index in [-0.39, 0.29) is 0 Å². The van der Waals surface area contributed by atoms with Gasteiger partial charge in [0.2, 0.25) is 0 Å². The van der Waals surface area contributed by atoms with Gasteiger partial charge in [0.15, 0.2) is 0 Å². The Hall–Kier alpha value is -1.00. The summed E-state index contributed by atoms with van der Waals surface area (Å²) in [5.41, 5.74) is 6.18. The normalized spacial score (nSPS) is 16.8. The molecule has 1 aromatic rings. The maximum atomic E-state index is 13.8. The monoisotopic (exact) mass is 282 g/mol. The number of hydrogen-bond acceptors (Lipinski definition) is 2. The van der Waals surface area contributed by atoms with E-state index < -0.39 is 11.6 Å². The Morgan fingerprint density at radius 2 is 1.90 bits per heavy atom. The Morgan fingerprint density at radius 3 is 2.55 bits per heavy atom. The lowest BCUT2D eigenvalue weighted by molar-refractivity contribution is 0.145. The van der Waals surface area contributed by atoms with Crippen LogP contribution in [0.1, 0.15) is 44.1 Å². The summed E-state index contributed by atoms with van der Waals surface area (Å²) in [6.45, 7) is 2.09. The Morgan fingerprint density at radius 1 is 1.15 bits per heavy atom. The van der Waals surface area contributed by atoms with E-state index in [0.29, 0.717) is 24.7 Å². The van der Waals surface area contributed by atoms with Crippen molar-refractivity contribution in [3.05, 3.63) is 35.4 Å². The molecular formula is C16H24F2N2. The highest BCUT2D eigenvalue weighted by Gasteiger charge is 2.21. The molecule has 0 radical (unpaired) electrons. The molecule has 4 heteroatoms. The SMILES string of the molecule is NCCCN(Cc1ccc(F)cc1F)C1CCCCC1. The lowest BCUT2D eigenvalue weighted by Gasteiger charge is -2.34. The van der Waals surface area contributed by atoms with Crippen LogP contribution in [0.3, 0.4) is 0 Å². The maximum absolute atomic E-state index is 13.8. The van der Waals surface area contributed by atoms with Crippen LogP contribution in [0.25, 0.3) is 0 Å². The Balaban J connectivity index is 2.05. The van der Waals surface area contributed by atoms with Gasteiger partial charge in [-0.3, -0.25) is 4.90 Å². The fourth-order valence-electron chi connectivity index (χ4n) is 3.00. The van der Waals surface area contributed by atoms with Crippen molar-refractivity contribution in [1.82, 2.24) is 4.90 Å². The van der Waals surface area contributed by atoms with Crippen LogP contribution in [0.15, 0.2) is 18.2 Å². The van der Waals surface area contributed by atoms with Gasteiger partial charge in [0.1, 0.15) is 11.6 Å². The quantitative estimate of drug-likeness (QED) is 0.866. The van der Waals surface area contributed by atoms with Crippen LogP contribution in [-0.4, -0.2) is 24.0 Å². The molecular weight excluding hydrogens is 258 g/mol. The van der Waals surface area contributed by atoms with Crippen LogP contribution < -0.4 is 5.73 Å². The fraction of sp³-hybridized carbons (Fsp3) is 0.625. The highest BCUT2D eigenvalue weighted by molar-refractivity contribution is 5.18. The Labute approximate surface area is 120 Å². The molecule has 0 amide bonds. The summed E-state index contributed by atoms with van der Waals surface area (Å²) in [4.78, 5) is 2.32. The van der Waals surface area contributed by atoms with Gasteiger partial charge in [-0.05, 0) is 38.4 Å². The highest BCUT2D eigenvalue weighted by Crippen LogP contribution is 2.25. The second-order valence-corrected chi connectivity index (χ2v) is 5.64. The molecule has 2 nitrogen and oxygen atoms in total. The molecule has 1 aromatic carbocycles. The van der Waals surface area contributed by atoms with E-state index in [2.05, 4.69) is 4.90 Å². The van der Waals surface area contributed by atoms with Gasteiger partial charge in [-0.1, -0.05) is 25.3 Å². The first-order valence-electron chi connectivity index (χ1n) is 7.58. The number of halogens is 2. The van der Waals surface area contributed by atoms with E-state index in [9.17, 15) is 8.78 Å². The molecule has 0 atom stereocenters. The first kappa shape index (κ1) is 15.4. The van der Waals surface area contributed by atoms with Crippen LogP contribution >= 0.6 is 0 Å². The van der Waals surface area contributed by atoms with Crippen molar-refractivity contribution in [3.8, 4) is 0 Å². The van der Waals surface area contributed by atoms with Crippen LogP contribution in [0.2, 0.25) is 0 Å². The maximum Gasteiger partial charge on any atom is 0.130 e. The summed E-state index contributed by atoms with van der Waals surface area (Å²) < 4.78 is 26.8. The fourth-order valence-corrected chi connectivity index (χ4v) is 3.00. The second kappa shape index (κ2) is 7.70.